The molecule has 3 aromatic rings. The third-order valence-corrected chi connectivity index (χ3v) is 6.61. The molecule has 4 atom stereocenters. The maximum absolute atomic E-state index is 13.6. The zero-order chi connectivity index (χ0) is 32.2. The van der Waals surface area contributed by atoms with Crippen molar-refractivity contribution < 1.29 is 33.5 Å². The zero-order valence-corrected chi connectivity index (χ0v) is 24.1. The molecule has 0 fully saturated rings. The maximum Gasteiger partial charge on any atom is 0.246 e. The monoisotopic (exact) mass is 604 g/mol. The van der Waals surface area contributed by atoms with Crippen molar-refractivity contribution in [1.82, 2.24) is 21.3 Å². The Morgan fingerprint density at radius 2 is 1.43 bits per heavy atom. The van der Waals surface area contributed by atoms with Crippen LogP contribution in [0, 0.1) is 0 Å². The van der Waals surface area contributed by atoms with E-state index in [2.05, 4.69) is 27.8 Å². The van der Waals surface area contributed by atoms with Crippen LogP contribution in [0.25, 0.3) is 0 Å². The first kappa shape index (κ1) is 33.1. The second kappa shape index (κ2) is 15.7. The van der Waals surface area contributed by atoms with Crippen LogP contribution in [-0.2, 0) is 36.8 Å². The summed E-state index contributed by atoms with van der Waals surface area (Å²) in [5.41, 5.74) is 12.7. The van der Waals surface area contributed by atoms with Crippen LogP contribution in [0.1, 0.15) is 29.9 Å². The molecule has 2 aromatic carbocycles. The van der Waals surface area contributed by atoms with Crippen LogP contribution in [0.15, 0.2) is 89.6 Å². The van der Waals surface area contributed by atoms with Gasteiger partial charge in [-0.2, -0.15) is 0 Å². The number of carbonyl (C=O) groups is 5. The first-order valence-electron chi connectivity index (χ1n) is 13.7. The van der Waals surface area contributed by atoms with Gasteiger partial charge in [-0.15, -0.1) is 0 Å². The third-order valence-electron chi connectivity index (χ3n) is 6.61. The number of rotatable bonds is 15. The smallest absolute Gasteiger partial charge is 0.246 e. The Kier molecular flexibility index (Phi) is 11.8. The first-order chi connectivity index (χ1) is 20.9. The lowest BCUT2D eigenvalue weighted by atomic mass is 10.0. The van der Waals surface area contributed by atoms with Gasteiger partial charge in [-0.25, -0.2) is 0 Å². The number of phenols is 1. The summed E-state index contributed by atoms with van der Waals surface area (Å²) in [6.45, 7) is 4.64. The molecular weight excluding hydrogens is 568 g/mol. The van der Waals surface area contributed by atoms with E-state index < -0.39 is 53.7 Å². The molecule has 0 aliphatic carbocycles. The number of furan rings is 1. The Labute approximate surface area is 254 Å². The van der Waals surface area contributed by atoms with Crippen molar-refractivity contribution in [3.05, 3.63) is 102 Å². The largest absolute Gasteiger partial charge is 0.508 e. The van der Waals surface area contributed by atoms with E-state index in [1.165, 1.54) is 31.4 Å². The fourth-order valence-corrected chi connectivity index (χ4v) is 4.21. The van der Waals surface area contributed by atoms with E-state index in [-0.39, 0.29) is 36.5 Å². The minimum Gasteiger partial charge on any atom is -0.508 e. The second-order valence-electron chi connectivity index (χ2n) is 10.1. The van der Waals surface area contributed by atoms with Gasteiger partial charge in [0.1, 0.15) is 29.6 Å². The average Bonchev–Trinajstić information content (AvgIpc) is 3.53. The highest BCUT2D eigenvalue weighted by atomic mass is 16.3. The van der Waals surface area contributed by atoms with Crippen LogP contribution in [0.3, 0.4) is 0 Å². The molecule has 1 heterocycles. The minimum atomic E-state index is -1.30. The predicted octanol–water partition coefficient (Wildman–Crippen LogP) is 0.102. The fraction of sp³-hybridized carbons (Fsp3) is 0.258. The van der Waals surface area contributed by atoms with Gasteiger partial charge in [0.05, 0.1) is 12.3 Å². The van der Waals surface area contributed by atoms with Crippen molar-refractivity contribution in [2.45, 2.75) is 43.9 Å². The first-order valence-corrected chi connectivity index (χ1v) is 13.7. The summed E-state index contributed by atoms with van der Waals surface area (Å²) in [4.78, 5) is 63.7. The molecule has 13 nitrogen and oxygen atoms in total. The number of primary amides is 1. The van der Waals surface area contributed by atoms with Gasteiger partial charge in [-0.05, 0) is 41.8 Å². The van der Waals surface area contributed by atoms with Crippen molar-refractivity contribution in [3.8, 4) is 5.75 Å². The molecule has 0 aliphatic heterocycles. The molecule has 0 bridgehead atoms. The van der Waals surface area contributed by atoms with Crippen LogP contribution in [0.2, 0.25) is 0 Å². The third kappa shape index (κ3) is 9.84. The summed E-state index contributed by atoms with van der Waals surface area (Å²) >= 11 is 0. The Bertz CT molecular complexity index is 1460. The zero-order valence-electron chi connectivity index (χ0n) is 24.1. The quantitative estimate of drug-likeness (QED) is 0.118. The van der Waals surface area contributed by atoms with Gasteiger partial charge in [0.25, 0.3) is 0 Å². The molecule has 3 rings (SSSR count). The molecular formula is C31H36N6O7. The molecule has 0 spiro atoms. The molecule has 44 heavy (non-hydrogen) atoms. The van der Waals surface area contributed by atoms with Gasteiger partial charge in [0, 0.05) is 25.5 Å². The van der Waals surface area contributed by atoms with Gasteiger partial charge >= 0.3 is 0 Å². The van der Waals surface area contributed by atoms with E-state index in [0.29, 0.717) is 11.1 Å². The molecule has 0 aliphatic rings. The van der Waals surface area contributed by atoms with E-state index in [1.54, 1.807) is 48.5 Å². The predicted molar refractivity (Wildman–Crippen MR) is 160 cm³/mol. The van der Waals surface area contributed by atoms with Crippen LogP contribution < -0.4 is 32.7 Å². The van der Waals surface area contributed by atoms with Gasteiger partial charge < -0.3 is 42.3 Å². The topological polar surface area (TPSA) is 219 Å². The fourth-order valence-electron chi connectivity index (χ4n) is 4.21. The Hall–Kier alpha value is -5.43. The number of benzene rings is 2. The number of hydrogen-bond acceptors (Lipinski definition) is 8. The highest BCUT2D eigenvalue weighted by molar-refractivity contribution is 5.96. The number of phenolic OH excluding ortho intramolecular Hbond substituents is 1. The average molecular weight is 605 g/mol. The van der Waals surface area contributed by atoms with Gasteiger partial charge in [0.15, 0.2) is 0 Å². The Balaban J connectivity index is 1.81. The Morgan fingerprint density at radius 3 is 2.02 bits per heavy atom. The summed E-state index contributed by atoms with van der Waals surface area (Å²) in [7, 11) is 0. The van der Waals surface area contributed by atoms with Crippen molar-refractivity contribution in [2.75, 3.05) is 6.54 Å². The standard InChI is InChI=1S/C31H36N6O7/c1-18(28(33)40)27(26-9-6-14-44-26)37-30(42)24(16-20-7-4-3-5-8-20)35-31(43)25(17-34-19(2)38)36-29(41)23(32)15-21-10-12-22(39)13-11-21/h3-14,23-25,27,39H,1,15-17,32H2,2H3,(H2,33,40)(H,34,38)(H,35,43)(H,36,41)(H,37,42)/t23-,24-,25+,27+/m0/s1. The second-order valence-corrected chi connectivity index (χ2v) is 10.1. The summed E-state index contributed by atoms with van der Waals surface area (Å²) < 4.78 is 5.37. The summed E-state index contributed by atoms with van der Waals surface area (Å²) in [6, 6.07) is 13.4. The number of nitrogens with one attached hydrogen (secondary N) is 4. The molecule has 0 saturated heterocycles. The molecule has 0 radical (unpaired) electrons. The molecule has 9 N–H and O–H groups in total. The molecule has 5 amide bonds. The minimum absolute atomic E-state index is 0.0352. The van der Waals surface area contributed by atoms with Crippen molar-refractivity contribution >= 4 is 29.5 Å². The summed E-state index contributed by atoms with van der Waals surface area (Å²) in [5, 5.41) is 19.8. The van der Waals surface area contributed by atoms with E-state index >= 15 is 0 Å². The molecule has 13 heteroatoms. The summed E-state index contributed by atoms with van der Waals surface area (Å²) in [6.07, 6.45) is 1.50. The molecule has 0 saturated carbocycles. The summed E-state index contributed by atoms with van der Waals surface area (Å²) in [5.74, 6) is -3.20. The van der Waals surface area contributed by atoms with E-state index in [1.807, 2.05) is 0 Å². The number of carbonyl (C=O) groups excluding carboxylic acids is 5. The lowest BCUT2D eigenvalue weighted by Crippen LogP contribution is -2.59. The van der Waals surface area contributed by atoms with Crippen LogP contribution in [0.5, 0.6) is 5.75 Å². The van der Waals surface area contributed by atoms with Gasteiger partial charge in [-0.1, -0.05) is 49.0 Å². The van der Waals surface area contributed by atoms with E-state index in [0.717, 1.165) is 0 Å². The normalized spacial score (nSPS) is 13.4. The van der Waals surface area contributed by atoms with Gasteiger partial charge in [-0.3, -0.25) is 24.0 Å². The molecule has 1 aromatic heterocycles. The maximum atomic E-state index is 13.6. The number of amides is 5. The van der Waals surface area contributed by atoms with Crippen molar-refractivity contribution in [1.29, 1.82) is 0 Å². The number of aromatic hydroxyl groups is 1. The van der Waals surface area contributed by atoms with Crippen LogP contribution in [0.4, 0.5) is 0 Å². The number of nitrogens with two attached hydrogens (primary N) is 2. The van der Waals surface area contributed by atoms with Crippen molar-refractivity contribution in [3.63, 3.8) is 0 Å². The van der Waals surface area contributed by atoms with E-state index in [9.17, 15) is 29.1 Å². The SMILES string of the molecule is C=C(C(N)=O)[C@@H](NC(=O)[C@H](Cc1ccccc1)NC(=O)[C@@H](CNC(C)=O)NC(=O)[C@@H](N)Cc1ccc(O)cc1)c1ccco1. The van der Waals surface area contributed by atoms with E-state index in [4.69, 9.17) is 15.9 Å². The lowest BCUT2D eigenvalue weighted by Gasteiger charge is -2.26. The highest BCUT2D eigenvalue weighted by Gasteiger charge is 2.31. The van der Waals surface area contributed by atoms with Crippen LogP contribution >= 0.6 is 0 Å². The van der Waals surface area contributed by atoms with Gasteiger partial charge in [0.2, 0.25) is 29.5 Å². The lowest BCUT2D eigenvalue weighted by molar-refractivity contribution is -0.133. The van der Waals surface area contributed by atoms with Crippen LogP contribution in [-0.4, -0.2) is 59.3 Å². The Morgan fingerprint density at radius 1 is 0.818 bits per heavy atom. The highest BCUT2D eigenvalue weighted by Crippen LogP contribution is 2.21. The number of hydrogen-bond donors (Lipinski definition) is 7. The van der Waals surface area contributed by atoms with Crippen molar-refractivity contribution in [2.24, 2.45) is 11.5 Å². The molecule has 232 valence electrons. The molecule has 0 unspecified atom stereocenters.